The van der Waals surface area contributed by atoms with Crippen molar-refractivity contribution in [2.45, 2.75) is 25.3 Å². The Balaban J connectivity index is 1.61. The third-order valence-electron chi connectivity index (χ3n) is 5.12. The minimum absolute atomic E-state index is 0.0165. The van der Waals surface area contributed by atoms with Crippen molar-refractivity contribution in [3.63, 3.8) is 0 Å². The van der Waals surface area contributed by atoms with Crippen LogP contribution in [0.15, 0.2) is 36.7 Å². The van der Waals surface area contributed by atoms with Gasteiger partial charge in [-0.2, -0.15) is 0 Å². The first-order valence-electron chi connectivity index (χ1n) is 9.61. The molecule has 1 aromatic carbocycles. The van der Waals surface area contributed by atoms with E-state index in [1.807, 2.05) is 6.07 Å². The number of hydrogen-bond acceptors (Lipinski definition) is 7. The Kier molecular flexibility index (Phi) is 5.74. The zero-order valence-electron chi connectivity index (χ0n) is 16.1. The lowest BCUT2D eigenvalue weighted by molar-refractivity contribution is 0.0989. The van der Waals surface area contributed by atoms with Crippen LogP contribution in [0.1, 0.15) is 28.9 Å². The minimum atomic E-state index is -0.751. The van der Waals surface area contributed by atoms with E-state index in [4.69, 9.17) is 11.5 Å². The van der Waals surface area contributed by atoms with Crippen molar-refractivity contribution in [3.05, 3.63) is 59.6 Å². The van der Waals surface area contributed by atoms with Crippen LogP contribution in [0.25, 0.3) is 10.6 Å². The fourth-order valence-electron chi connectivity index (χ4n) is 3.69. The fourth-order valence-corrected chi connectivity index (χ4v) is 4.59. The van der Waals surface area contributed by atoms with Crippen LogP contribution in [-0.4, -0.2) is 34.9 Å². The highest BCUT2D eigenvalue weighted by molar-refractivity contribution is 7.19. The first-order chi connectivity index (χ1) is 14.4. The van der Waals surface area contributed by atoms with Gasteiger partial charge in [0.25, 0.3) is 0 Å². The molecule has 1 aliphatic heterocycles. The van der Waals surface area contributed by atoms with E-state index in [0.29, 0.717) is 6.54 Å². The molecule has 3 heterocycles. The number of hydrogen-bond donors (Lipinski definition) is 2. The summed E-state index contributed by atoms with van der Waals surface area (Å²) in [4.78, 5) is 23.4. The third-order valence-corrected chi connectivity index (χ3v) is 6.02. The molecule has 0 aliphatic carbocycles. The van der Waals surface area contributed by atoms with Crippen LogP contribution in [-0.2, 0) is 6.42 Å². The van der Waals surface area contributed by atoms with Gasteiger partial charge >= 0.3 is 0 Å². The summed E-state index contributed by atoms with van der Waals surface area (Å²) in [5.74, 6) is -1.83. The van der Waals surface area contributed by atoms with Crippen LogP contribution >= 0.6 is 11.3 Å². The average Bonchev–Trinajstić information content (AvgIpc) is 3.09. The highest BCUT2D eigenvalue weighted by atomic mass is 32.1. The number of ketones is 1. The normalized spacial score (nSPS) is 16.6. The lowest BCUT2D eigenvalue weighted by Gasteiger charge is -2.33. The molecule has 156 valence electrons. The lowest BCUT2D eigenvalue weighted by atomic mass is 10.0. The van der Waals surface area contributed by atoms with Crippen LogP contribution in [0.5, 0.6) is 0 Å². The molecule has 6 nitrogen and oxygen atoms in total. The van der Waals surface area contributed by atoms with Crippen molar-refractivity contribution >= 4 is 27.8 Å². The molecule has 4 N–H and O–H groups in total. The number of carbonyl (C=O) groups excluding carboxylic acids is 1. The second-order valence-corrected chi connectivity index (χ2v) is 8.31. The summed E-state index contributed by atoms with van der Waals surface area (Å²) in [5.41, 5.74) is 13.5. The SMILES string of the molecule is Nc1sc(-c2c(F)cccc2F)nc1C(=O)Cc1cnccc1N1CCC[C@H](N)C1. The summed E-state index contributed by atoms with van der Waals surface area (Å²) in [6.07, 6.45) is 5.31. The quantitative estimate of drug-likeness (QED) is 0.603. The van der Waals surface area contributed by atoms with Gasteiger partial charge in [0.05, 0.1) is 5.56 Å². The first kappa shape index (κ1) is 20.4. The number of Topliss-reactive ketones (excluding diaryl/α,β-unsaturated/α-hetero) is 1. The maximum atomic E-state index is 14.1. The van der Waals surface area contributed by atoms with Gasteiger partial charge < -0.3 is 16.4 Å². The number of piperidine rings is 1. The Bertz CT molecular complexity index is 1070. The number of benzene rings is 1. The molecule has 3 aromatic rings. The molecular formula is C21H21F2N5OS. The first-order valence-corrected chi connectivity index (χ1v) is 10.4. The maximum Gasteiger partial charge on any atom is 0.188 e. The number of rotatable bonds is 5. The second-order valence-electron chi connectivity index (χ2n) is 7.28. The third kappa shape index (κ3) is 4.03. The van der Waals surface area contributed by atoms with E-state index in [2.05, 4.69) is 14.9 Å². The van der Waals surface area contributed by atoms with Gasteiger partial charge in [-0.25, -0.2) is 13.8 Å². The molecule has 0 spiro atoms. The van der Waals surface area contributed by atoms with Gasteiger partial charge in [-0.15, -0.1) is 0 Å². The number of nitrogen functional groups attached to an aromatic ring is 1. The Morgan fingerprint density at radius 2 is 2.03 bits per heavy atom. The van der Waals surface area contributed by atoms with Crippen LogP contribution in [0, 0.1) is 11.6 Å². The highest BCUT2D eigenvalue weighted by Gasteiger charge is 2.24. The van der Waals surface area contributed by atoms with Crippen molar-refractivity contribution < 1.29 is 13.6 Å². The molecule has 9 heteroatoms. The summed E-state index contributed by atoms with van der Waals surface area (Å²) in [7, 11) is 0. The highest BCUT2D eigenvalue weighted by Crippen LogP contribution is 2.34. The Morgan fingerprint density at radius 3 is 2.77 bits per heavy atom. The zero-order chi connectivity index (χ0) is 21.3. The standard InChI is InChI=1S/C21H21F2N5OS/c22-14-4-1-5-15(23)18(14)21-27-19(20(25)30-21)17(29)9-12-10-26-7-6-16(12)28-8-2-3-13(24)11-28/h1,4-7,10,13H,2-3,8-9,11,24-25H2/t13-/m0/s1. The van der Waals surface area contributed by atoms with Crippen molar-refractivity contribution in [3.8, 4) is 10.6 Å². The van der Waals surface area contributed by atoms with E-state index in [-0.39, 0.29) is 39.5 Å². The van der Waals surface area contributed by atoms with Gasteiger partial charge in [0.1, 0.15) is 27.3 Å². The lowest BCUT2D eigenvalue weighted by Crippen LogP contribution is -2.43. The molecule has 1 atom stereocenters. The average molecular weight is 429 g/mol. The molecule has 0 unspecified atom stereocenters. The van der Waals surface area contributed by atoms with Crippen LogP contribution in [0.4, 0.5) is 19.5 Å². The van der Waals surface area contributed by atoms with Crippen LogP contribution < -0.4 is 16.4 Å². The van der Waals surface area contributed by atoms with E-state index in [0.717, 1.165) is 54.1 Å². The van der Waals surface area contributed by atoms with E-state index in [1.165, 1.54) is 6.07 Å². The zero-order valence-corrected chi connectivity index (χ0v) is 17.0. The largest absolute Gasteiger partial charge is 0.389 e. The number of anilines is 2. The van der Waals surface area contributed by atoms with Gasteiger partial charge in [-0.3, -0.25) is 9.78 Å². The Hall–Kier alpha value is -2.91. The van der Waals surface area contributed by atoms with Crippen molar-refractivity contribution in [2.24, 2.45) is 5.73 Å². The molecule has 0 radical (unpaired) electrons. The summed E-state index contributed by atoms with van der Waals surface area (Å²) >= 11 is 0.891. The number of thiazole rings is 1. The van der Waals surface area contributed by atoms with Crippen molar-refractivity contribution in [1.82, 2.24) is 9.97 Å². The van der Waals surface area contributed by atoms with Gasteiger partial charge in [0.15, 0.2) is 5.78 Å². The predicted molar refractivity (Wildman–Crippen MR) is 114 cm³/mol. The van der Waals surface area contributed by atoms with Gasteiger partial charge in [-0.05, 0) is 31.0 Å². The molecule has 0 saturated carbocycles. The molecule has 1 saturated heterocycles. The van der Waals surface area contributed by atoms with E-state index in [9.17, 15) is 13.6 Å². The Morgan fingerprint density at radius 1 is 1.27 bits per heavy atom. The Labute approximate surface area is 176 Å². The molecule has 1 fully saturated rings. The monoisotopic (exact) mass is 429 g/mol. The van der Waals surface area contributed by atoms with Crippen LogP contribution in [0.2, 0.25) is 0 Å². The molecule has 0 bridgehead atoms. The van der Waals surface area contributed by atoms with Gasteiger partial charge in [0.2, 0.25) is 0 Å². The van der Waals surface area contributed by atoms with Crippen LogP contribution in [0.3, 0.4) is 0 Å². The van der Waals surface area contributed by atoms with Gasteiger partial charge in [0, 0.05) is 49.2 Å². The summed E-state index contributed by atoms with van der Waals surface area (Å²) < 4.78 is 28.2. The number of nitrogens with zero attached hydrogens (tertiary/aromatic N) is 3. The summed E-state index contributed by atoms with van der Waals surface area (Å²) in [6.45, 7) is 1.56. The predicted octanol–water partition coefficient (Wildman–Crippen LogP) is 3.42. The van der Waals surface area contributed by atoms with E-state index >= 15 is 0 Å². The fraction of sp³-hybridized carbons (Fsp3) is 0.286. The second kappa shape index (κ2) is 8.45. The number of pyridine rings is 1. The van der Waals surface area contributed by atoms with Gasteiger partial charge in [-0.1, -0.05) is 17.4 Å². The molecular weight excluding hydrogens is 408 g/mol. The summed E-state index contributed by atoms with van der Waals surface area (Å²) in [5, 5.41) is 0.169. The number of aromatic nitrogens is 2. The molecule has 2 aromatic heterocycles. The van der Waals surface area contributed by atoms with E-state index < -0.39 is 11.6 Å². The van der Waals surface area contributed by atoms with Crippen molar-refractivity contribution in [2.75, 3.05) is 23.7 Å². The summed E-state index contributed by atoms with van der Waals surface area (Å²) in [6, 6.07) is 5.51. The smallest absolute Gasteiger partial charge is 0.188 e. The number of carbonyl (C=O) groups is 1. The minimum Gasteiger partial charge on any atom is -0.389 e. The topological polar surface area (TPSA) is 98.1 Å². The molecule has 30 heavy (non-hydrogen) atoms. The molecule has 0 amide bonds. The molecule has 1 aliphatic rings. The number of halogens is 2. The number of nitrogens with two attached hydrogens (primary N) is 2. The van der Waals surface area contributed by atoms with E-state index in [1.54, 1.807) is 12.4 Å². The maximum absolute atomic E-state index is 14.1. The van der Waals surface area contributed by atoms with Crippen molar-refractivity contribution in [1.29, 1.82) is 0 Å². The molecule has 4 rings (SSSR count).